The molecular weight excluding hydrogens is 464 g/mol. The van der Waals surface area contributed by atoms with Crippen molar-refractivity contribution in [2.75, 3.05) is 19.7 Å². The molecule has 1 unspecified atom stereocenters. The third-order valence-electron chi connectivity index (χ3n) is 5.75. The van der Waals surface area contributed by atoms with E-state index < -0.39 is 17.9 Å². The standard InChI is InChI=1S/C26H40N4O6/c1-16(2)13-29(18(5)6)23(31)15-35-27-24(32)20-9-8-10-21(12-20)25(33)28-36-22-11-19(7)30(26(22)34)14-17(3)4/h8-10,12,16-19,22H,11,13-15H2,1-7H3,(H,27,32)(H,28,33)/t19?,22-/m1/s1. The van der Waals surface area contributed by atoms with Gasteiger partial charge in [0.05, 0.1) is 0 Å². The zero-order chi connectivity index (χ0) is 27.0. The minimum Gasteiger partial charge on any atom is -0.338 e. The van der Waals surface area contributed by atoms with Crippen LogP contribution in [0.3, 0.4) is 0 Å². The molecule has 0 bridgehead atoms. The summed E-state index contributed by atoms with van der Waals surface area (Å²) in [6, 6.07) is 6.00. The van der Waals surface area contributed by atoms with Gasteiger partial charge in [0, 0.05) is 42.7 Å². The molecule has 1 aromatic rings. The average molecular weight is 505 g/mol. The second kappa shape index (κ2) is 13.4. The van der Waals surface area contributed by atoms with Gasteiger partial charge in [0.2, 0.25) is 0 Å². The van der Waals surface area contributed by atoms with Crippen LogP contribution in [0.5, 0.6) is 0 Å². The summed E-state index contributed by atoms with van der Waals surface area (Å²) < 4.78 is 0. The molecule has 0 spiro atoms. The van der Waals surface area contributed by atoms with Gasteiger partial charge in [-0.05, 0) is 50.8 Å². The van der Waals surface area contributed by atoms with Gasteiger partial charge >= 0.3 is 0 Å². The van der Waals surface area contributed by atoms with Gasteiger partial charge in [0.1, 0.15) is 0 Å². The Morgan fingerprint density at radius 2 is 1.64 bits per heavy atom. The number of benzene rings is 1. The van der Waals surface area contributed by atoms with E-state index in [-0.39, 0.29) is 41.6 Å². The summed E-state index contributed by atoms with van der Waals surface area (Å²) in [5.74, 6) is -0.923. The second-order valence-corrected chi connectivity index (χ2v) is 10.3. The zero-order valence-electron chi connectivity index (χ0n) is 22.4. The zero-order valence-corrected chi connectivity index (χ0v) is 22.4. The maximum absolute atomic E-state index is 12.6. The number of nitrogens with one attached hydrogen (secondary N) is 2. The first kappa shape index (κ1) is 29.3. The maximum Gasteiger partial charge on any atom is 0.274 e. The Morgan fingerprint density at radius 1 is 1.03 bits per heavy atom. The number of rotatable bonds is 12. The highest BCUT2D eigenvalue weighted by atomic mass is 16.7. The smallest absolute Gasteiger partial charge is 0.274 e. The maximum atomic E-state index is 12.6. The molecule has 2 N–H and O–H groups in total. The van der Waals surface area contributed by atoms with Crippen molar-refractivity contribution in [3.05, 3.63) is 35.4 Å². The Bertz CT molecular complexity index is 933. The summed E-state index contributed by atoms with van der Waals surface area (Å²) in [4.78, 5) is 64.1. The Morgan fingerprint density at radius 3 is 2.19 bits per heavy atom. The van der Waals surface area contributed by atoms with E-state index in [1.165, 1.54) is 18.2 Å². The van der Waals surface area contributed by atoms with Gasteiger partial charge in [0.15, 0.2) is 12.7 Å². The molecular formula is C26H40N4O6. The molecule has 4 amide bonds. The van der Waals surface area contributed by atoms with Crippen molar-refractivity contribution in [2.24, 2.45) is 11.8 Å². The lowest BCUT2D eigenvalue weighted by atomic mass is 10.1. The van der Waals surface area contributed by atoms with E-state index in [1.54, 1.807) is 15.9 Å². The number of hydrogen-bond donors (Lipinski definition) is 2. The number of carbonyl (C=O) groups is 4. The van der Waals surface area contributed by atoms with E-state index in [9.17, 15) is 19.2 Å². The SMILES string of the molecule is CC(C)CN(C(=O)CONC(=O)c1cccc(C(=O)NO[C@@H]2CC(C)N(CC(C)C)C2=O)c1)C(C)C. The largest absolute Gasteiger partial charge is 0.338 e. The van der Waals surface area contributed by atoms with Crippen LogP contribution in [0.25, 0.3) is 0 Å². The van der Waals surface area contributed by atoms with Crippen LogP contribution in [-0.4, -0.2) is 71.3 Å². The fraction of sp³-hybridized carbons (Fsp3) is 0.615. The summed E-state index contributed by atoms with van der Waals surface area (Å²) in [6.45, 7) is 14.8. The molecule has 2 rings (SSSR count). The third kappa shape index (κ3) is 8.30. The highest BCUT2D eigenvalue weighted by Gasteiger charge is 2.38. The molecule has 0 aliphatic carbocycles. The van der Waals surface area contributed by atoms with E-state index in [0.717, 1.165) is 0 Å². The predicted molar refractivity (Wildman–Crippen MR) is 135 cm³/mol. The third-order valence-corrected chi connectivity index (χ3v) is 5.75. The quantitative estimate of drug-likeness (QED) is 0.423. The Labute approximate surface area is 213 Å². The molecule has 0 radical (unpaired) electrons. The Kier molecular flexibility index (Phi) is 10.9. The van der Waals surface area contributed by atoms with Crippen LogP contribution in [-0.2, 0) is 19.3 Å². The van der Waals surface area contributed by atoms with E-state index >= 15 is 0 Å². The molecule has 0 saturated carbocycles. The number of likely N-dealkylation sites (tertiary alicyclic amines) is 1. The molecule has 1 aliphatic heterocycles. The van der Waals surface area contributed by atoms with Crippen molar-refractivity contribution < 1.29 is 28.9 Å². The minimum absolute atomic E-state index is 0.0117. The molecule has 10 heteroatoms. The van der Waals surface area contributed by atoms with Crippen LogP contribution in [0.15, 0.2) is 24.3 Å². The van der Waals surface area contributed by atoms with E-state index in [4.69, 9.17) is 9.68 Å². The van der Waals surface area contributed by atoms with Gasteiger partial charge < -0.3 is 9.80 Å². The molecule has 200 valence electrons. The minimum atomic E-state index is -0.749. The topological polar surface area (TPSA) is 117 Å². The van der Waals surface area contributed by atoms with Crippen molar-refractivity contribution in [3.63, 3.8) is 0 Å². The first-order chi connectivity index (χ1) is 16.9. The molecule has 1 heterocycles. The normalized spacial score (nSPS) is 17.7. The number of amides is 4. The average Bonchev–Trinajstić information content (AvgIpc) is 3.07. The summed E-state index contributed by atoms with van der Waals surface area (Å²) >= 11 is 0. The highest BCUT2D eigenvalue weighted by molar-refractivity contribution is 5.99. The summed E-state index contributed by atoms with van der Waals surface area (Å²) in [5, 5.41) is 0. The van der Waals surface area contributed by atoms with Crippen LogP contribution in [0.4, 0.5) is 0 Å². The number of carbonyl (C=O) groups excluding carboxylic acids is 4. The molecule has 0 aromatic heterocycles. The van der Waals surface area contributed by atoms with Crippen molar-refractivity contribution >= 4 is 23.6 Å². The van der Waals surface area contributed by atoms with E-state index in [2.05, 4.69) is 11.0 Å². The van der Waals surface area contributed by atoms with Gasteiger partial charge in [-0.15, -0.1) is 0 Å². The van der Waals surface area contributed by atoms with Gasteiger partial charge in [-0.3, -0.25) is 28.9 Å². The van der Waals surface area contributed by atoms with E-state index in [0.29, 0.717) is 31.3 Å². The second-order valence-electron chi connectivity index (χ2n) is 10.3. The Balaban J connectivity index is 1.88. The molecule has 1 saturated heterocycles. The summed E-state index contributed by atoms with van der Waals surface area (Å²) in [6.07, 6.45) is -0.267. The molecule has 2 atom stereocenters. The summed E-state index contributed by atoms with van der Waals surface area (Å²) in [7, 11) is 0. The molecule has 10 nitrogen and oxygen atoms in total. The van der Waals surface area contributed by atoms with Crippen LogP contribution in [0, 0.1) is 11.8 Å². The highest BCUT2D eigenvalue weighted by Crippen LogP contribution is 2.22. The molecule has 1 aliphatic rings. The predicted octanol–water partition coefficient (Wildman–Crippen LogP) is 2.55. The fourth-order valence-electron chi connectivity index (χ4n) is 3.99. The van der Waals surface area contributed by atoms with Crippen LogP contribution >= 0.6 is 0 Å². The van der Waals surface area contributed by atoms with Crippen LogP contribution < -0.4 is 11.0 Å². The van der Waals surface area contributed by atoms with Crippen molar-refractivity contribution in [3.8, 4) is 0 Å². The van der Waals surface area contributed by atoms with Crippen LogP contribution in [0.2, 0.25) is 0 Å². The lowest BCUT2D eigenvalue weighted by Crippen LogP contribution is -2.42. The molecule has 1 aromatic carbocycles. The van der Waals surface area contributed by atoms with Crippen molar-refractivity contribution in [1.82, 2.24) is 20.8 Å². The molecule has 1 fully saturated rings. The lowest BCUT2D eigenvalue weighted by molar-refractivity contribution is -0.141. The van der Waals surface area contributed by atoms with E-state index in [1.807, 2.05) is 48.5 Å². The fourth-order valence-corrected chi connectivity index (χ4v) is 3.99. The van der Waals surface area contributed by atoms with Crippen molar-refractivity contribution in [1.29, 1.82) is 0 Å². The van der Waals surface area contributed by atoms with Gasteiger partial charge in [0.25, 0.3) is 23.6 Å². The number of hydroxylamine groups is 2. The lowest BCUT2D eigenvalue weighted by Gasteiger charge is -2.28. The van der Waals surface area contributed by atoms with Gasteiger partial charge in [-0.1, -0.05) is 33.8 Å². The first-order valence-corrected chi connectivity index (χ1v) is 12.5. The van der Waals surface area contributed by atoms with Gasteiger partial charge in [-0.25, -0.2) is 11.0 Å². The van der Waals surface area contributed by atoms with Gasteiger partial charge in [-0.2, -0.15) is 0 Å². The Hall–Kier alpha value is -2.98. The first-order valence-electron chi connectivity index (χ1n) is 12.5. The van der Waals surface area contributed by atoms with Crippen LogP contribution in [0.1, 0.15) is 75.6 Å². The number of hydrogen-bond acceptors (Lipinski definition) is 6. The van der Waals surface area contributed by atoms with Crippen molar-refractivity contribution in [2.45, 2.75) is 73.1 Å². The number of nitrogens with zero attached hydrogens (tertiary/aromatic N) is 2. The summed E-state index contributed by atoms with van der Waals surface area (Å²) in [5.41, 5.74) is 4.93. The molecule has 36 heavy (non-hydrogen) atoms. The monoisotopic (exact) mass is 504 g/mol.